The van der Waals surface area contributed by atoms with Crippen molar-refractivity contribution in [2.24, 2.45) is 0 Å². The zero-order valence-electron chi connectivity index (χ0n) is 11.5. The second-order valence-electron chi connectivity index (χ2n) is 4.17. The van der Waals surface area contributed by atoms with Gasteiger partial charge in [0.1, 0.15) is 0 Å². The zero-order valence-corrected chi connectivity index (χ0v) is 11.5. The molecule has 0 aromatic heterocycles. The molecule has 1 aromatic rings. The van der Waals surface area contributed by atoms with Crippen molar-refractivity contribution in [2.75, 3.05) is 13.2 Å². The van der Waals surface area contributed by atoms with Crippen molar-refractivity contribution in [3.8, 4) is 0 Å². The minimum absolute atomic E-state index is 0.0465. The van der Waals surface area contributed by atoms with Crippen LogP contribution < -0.4 is 5.32 Å². The number of aryl methyl sites for hydroxylation is 1. The SMILES string of the molecule is CCNC(CC(=O)OCC)c1ccccc1CC. The molecule has 0 bridgehead atoms. The summed E-state index contributed by atoms with van der Waals surface area (Å²) in [5.41, 5.74) is 2.49. The molecule has 1 atom stereocenters. The van der Waals surface area contributed by atoms with Crippen molar-refractivity contribution in [2.45, 2.75) is 39.7 Å². The minimum Gasteiger partial charge on any atom is -0.466 e. The van der Waals surface area contributed by atoms with Crippen molar-refractivity contribution >= 4 is 5.97 Å². The van der Waals surface area contributed by atoms with Gasteiger partial charge in [-0.25, -0.2) is 0 Å². The summed E-state index contributed by atoms with van der Waals surface area (Å²) >= 11 is 0. The third-order valence-corrected chi connectivity index (χ3v) is 2.94. The Hall–Kier alpha value is -1.35. The quantitative estimate of drug-likeness (QED) is 0.755. The molecule has 3 nitrogen and oxygen atoms in total. The fraction of sp³-hybridized carbons (Fsp3) is 0.533. The van der Waals surface area contributed by atoms with Gasteiger partial charge in [0.25, 0.3) is 0 Å². The predicted molar refractivity (Wildman–Crippen MR) is 73.5 cm³/mol. The van der Waals surface area contributed by atoms with Crippen molar-refractivity contribution < 1.29 is 9.53 Å². The summed E-state index contributed by atoms with van der Waals surface area (Å²) in [5.74, 6) is -0.144. The fourth-order valence-corrected chi connectivity index (χ4v) is 2.12. The zero-order chi connectivity index (χ0) is 13.4. The summed E-state index contributed by atoms with van der Waals surface area (Å²) in [6, 6.07) is 8.31. The molecule has 1 rings (SSSR count). The topological polar surface area (TPSA) is 38.3 Å². The van der Waals surface area contributed by atoms with Crippen LogP contribution in [0.2, 0.25) is 0 Å². The van der Waals surface area contributed by atoms with Crippen molar-refractivity contribution in [1.29, 1.82) is 0 Å². The highest BCUT2D eigenvalue weighted by Gasteiger charge is 2.17. The Labute approximate surface area is 110 Å². The molecule has 0 fully saturated rings. The Kier molecular flexibility index (Phi) is 6.44. The summed E-state index contributed by atoms with van der Waals surface area (Å²) in [4.78, 5) is 11.6. The van der Waals surface area contributed by atoms with Crippen LogP contribution in [0.4, 0.5) is 0 Å². The normalized spacial score (nSPS) is 12.2. The summed E-state index contributed by atoms with van der Waals surface area (Å²) in [6.07, 6.45) is 1.36. The number of ether oxygens (including phenoxy) is 1. The molecular formula is C15H23NO2. The van der Waals surface area contributed by atoms with E-state index in [1.54, 1.807) is 0 Å². The van der Waals surface area contributed by atoms with E-state index in [0.717, 1.165) is 13.0 Å². The van der Waals surface area contributed by atoms with Crippen LogP contribution in [-0.2, 0) is 16.0 Å². The second kappa shape index (κ2) is 7.88. The number of rotatable bonds is 7. The van der Waals surface area contributed by atoms with Crippen LogP contribution in [0, 0.1) is 0 Å². The van der Waals surface area contributed by atoms with E-state index in [0.29, 0.717) is 13.0 Å². The van der Waals surface area contributed by atoms with Crippen LogP contribution in [0.1, 0.15) is 44.4 Å². The molecule has 0 aliphatic rings. The van der Waals surface area contributed by atoms with Crippen LogP contribution in [0.25, 0.3) is 0 Å². The number of hydrogen-bond donors (Lipinski definition) is 1. The number of benzene rings is 1. The van der Waals surface area contributed by atoms with Gasteiger partial charge in [0.2, 0.25) is 0 Å². The third-order valence-electron chi connectivity index (χ3n) is 2.94. The second-order valence-corrected chi connectivity index (χ2v) is 4.17. The van der Waals surface area contributed by atoms with Gasteiger partial charge in [-0.3, -0.25) is 4.79 Å². The Morgan fingerprint density at radius 2 is 2.00 bits per heavy atom. The highest BCUT2D eigenvalue weighted by molar-refractivity contribution is 5.70. The molecule has 1 N–H and O–H groups in total. The summed E-state index contributed by atoms with van der Waals surface area (Å²) in [6.45, 7) is 7.29. The van der Waals surface area contributed by atoms with Gasteiger partial charge in [-0.05, 0) is 31.0 Å². The standard InChI is InChI=1S/C15H23NO2/c1-4-12-9-7-8-10-13(12)14(16-5-2)11-15(17)18-6-3/h7-10,14,16H,4-6,11H2,1-3H3. The maximum Gasteiger partial charge on any atom is 0.307 e. The first kappa shape index (κ1) is 14.7. The van der Waals surface area contributed by atoms with Crippen molar-refractivity contribution in [3.05, 3.63) is 35.4 Å². The molecule has 0 radical (unpaired) electrons. The van der Waals surface area contributed by atoms with Gasteiger partial charge >= 0.3 is 5.97 Å². The minimum atomic E-state index is -0.144. The molecule has 100 valence electrons. The maximum absolute atomic E-state index is 11.6. The molecule has 3 heteroatoms. The Morgan fingerprint density at radius 3 is 2.61 bits per heavy atom. The first-order valence-corrected chi connectivity index (χ1v) is 6.69. The van der Waals surface area contributed by atoms with E-state index >= 15 is 0 Å². The third kappa shape index (κ3) is 4.15. The van der Waals surface area contributed by atoms with E-state index < -0.39 is 0 Å². The van der Waals surface area contributed by atoms with Crippen LogP contribution in [0.5, 0.6) is 0 Å². The van der Waals surface area contributed by atoms with Gasteiger partial charge in [-0.2, -0.15) is 0 Å². The lowest BCUT2D eigenvalue weighted by molar-refractivity contribution is -0.143. The van der Waals surface area contributed by atoms with Crippen LogP contribution >= 0.6 is 0 Å². The van der Waals surface area contributed by atoms with E-state index in [1.165, 1.54) is 11.1 Å². The number of nitrogens with one attached hydrogen (secondary N) is 1. The van der Waals surface area contributed by atoms with Gasteiger partial charge in [0.05, 0.1) is 13.0 Å². The van der Waals surface area contributed by atoms with Crippen LogP contribution in [0.15, 0.2) is 24.3 Å². The average molecular weight is 249 g/mol. The van der Waals surface area contributed by atoms with Crippen LogP contribution in [0.3, 0.4) is 0 Å². The summed E-state index contributed by atoms with van der Waals surface area (Å²) < 4.78 is 5.03. The lowest BCUT2D eigenvalue weighted by Crippen LogP contribution is -2.25. The molecule has 0 amide bonds. The largest absolute Gasteiger partial charge is 0.466 e. The monoisotopic (exact) mass is 249 g/mol. The molecular weight excluding hydrogens is 226 g/mol. The Morgan fingerprint density at radius 1 is 1.28 bits per heavy atom. The van der Waals surface area contributed by atoms with Gasteiger partial charge in [0.15, 0.2) is 0 Å². The van der Waals surface area contributed by atoms with Gasteiger partial charge < -0.3 is 10.1 Å². The van der Waals surface area contributed by atoms with E-state index in [-0.39, 0.29) is 12.0 Å². The Bertz CT molecular complexity index is 377. The molecule has 0 saturated heterocycles. The van der Waals surface area contributed by atoms with Crippen LogP contribution in [-0.4, -0.2) is 19.1 Å². The number of carbonyl (C=O) groups excluding carboxylic acids is 1. The summed E-state index contributed by atoms with van der Waals surface area (Å²) in [7, 11) is 0. The molecule has 0 aliphatic heterocycles. The average Bonchev–Trinajstić information content (AvgIpc) is 2.38. The first-order valence-electron chi connectivity index (χ1n) is 6.69. The lowest BCUT2D eigenvalue weighted by Gasteiger charge is -2.20. The van der Waals surface area contributed by atoms with Gasteiger partial charge in [-0.1, -0.05) is 38.1 Å². The van der Waals surface area contributed by atoms with Crippen molar-refractivity contribution in [3.63, 3.8) is 0 Å². The fourth-order valence-electron chi connectivity index (χ4n) is 2.12. The Balaban J connectivity index is 2.86. The van der Waals surface area contributed by atoms with Gasteiger partial charge in [0, 0.05) is 6.04 Å². The molecule has 18 heavy (non-hydrogen) atoms. The first-order chi connectivity index (χ1) is 8.72. The number of carbonyl (C=O) groups is 1. The molecule has 0 saturated carbocycles. The maximum atomic E-state index is 11.6. The molecule has 1 aromatic carbocycles. The number of esters is 1. The van der Waals surface area contributed by atoms with E-state index in [9.17, 15) is 4.79 Å². The summed E-state index contributed by atoms with van der Waals surface area (Å²) in [5, 5.41) is 3.36. The molecule has 0 heterocycles. The molecule has 0 aliphatic carbocycles. The van der Waals surface area contributed by atoms with E-state index in [4.69, 9.17) is 4.74 Å². The number of hydrogen-bond acceptors (Lipinski definition) is 3. The molecule has 1 unspecified atom stereocenters. The molecule has 0 spiro atoms. The predicted octanol–water partition coefficient (Wildman–Crippen LogP) is 2.85. The van der Waals surface area contributed by atoms with E-state index in [1.807, 2.05) is 26.0 Å². The smallest absolute Gasteiger partial charge is 0.307 e. The lowest BCUT2D eigenvalue weighted by atomic mass is 9.96. The van der Waals surface area contributed by atoms with E-state index in [2.05, 4.69) is 24.4 Å². The highest BCUT2D eigenvalue weighted by atomic mass is 16.5. The van der Waals surface area contributed by atoms with Gasteiger partial charge in [-0.15, -0.1) is 0 Å². The highest BCUT2D eigenvalue weighted by Crippen LogP contribution is 2.22. The van der Waals surface area contributed by atoms with Crippen molar-refractivity contribution in [1.82, 2.24) is 5.32 Å².